The number of hydrogen-bond acceptors (Lipinski definition) is 3. The minimum absolute atomic E-state index is 0.0729. The van der Waals surface area contributed by atoms with Gasteiger partial charge in [-0.25, -0.2) is 4.79 Å². The SMILES string of the molecule is COc1cccc(C(O)CNC(=O)Nc2ccccc2Cl)c1. The number of para-hydroxylation sites is 1. The summed E-state index contributed by atoms with van der Waals surface area (Å²) in [5.41, 5.74) is 1.18. The standard InChI is InChI=1S/C16H17ClN2O3/c1-22-12-6-4-5-11(9-12)15(20)10-18-16(21)19-14-8-3-2-7-13(14)17/h2-9,15,20H,10H2,1H3,(H2,18,19,21). The molecule has 0 aliphatic rings. The van der Waals surface area contributed by atoms with Crippen LogP contribution in [0, 0.1) is 0 Å². The monoisotopic (exact) mass is 320 g/mol. The van der Waals surface area contributed by atoms with Crippen molar-refractivity contribution in [2.24, 2.45) is 0 Å². The Morgan fingerprint density at radius 3 is 2.77 bits per heavy atom. The fourth-order valence-electron chi connectivity index (χ4n) is 1.89. The van der Waals surface area contributed by atoms with E-state index in [0.717, 1.165) is 0 Å². The largest absolute Gasteiger partial charge is 0.497 e. The number of benzene rings is 2. The number of amides is 2. The van der Waals surface area contributed by atoms with Crippen LogP contribution >= 0.6 is 11.6 Å². The van der Waals surface area contributed by atoms with Gasteiger partial charge in [0.2, 0.25) is 0 Å². The number of aliphatic hydroxyl groups excluding tert-OH is 1. The van der Waals surface area contributed by atoms with E-state index in [2.05, 4.69) is 10.6 Å². The normalized spacial score (nSPS) is 11.6. The van der Waals surface area contributed by atoms with Crippen LogP contribution in [0.15, 0.2) is 48.5 Å². The maximum absolute atomic E-state index is 11.8. The van der Waals surface area contributed by atoms with E-state index in [0.29, 0.717) is 22.0 Å². The van der Waals surface area contributed by atoms with Crippen LogP contribution in [0.2, 0.25) is 5.02 Å². The third-order valence-electron chi connectivity index (χ3n) is 3.06. The molecular weight excluding hydrogens is 304 g/mol. The number of nitrogens with one attached hydrogen (secondary N) is 2. The van der Waals surface area contributed by atoms with Crippen molar-refractivity contribution < 1.29 is 14.6 Å². The van der Waals surface area contributed by atoms with Crippen molar-refractivity contribution in [1.82, 2.24) is 5.32 Å². The number of hydrogen-bond donors (Lipinski definition) is 3. The molecule has 3 N–H and O–H groups in total. The predicted octanol–water partition coefficient (Wildman–Crippen LogP) is 3.20. The molecule has 1 unspecified atom stereocenters. The van der Waals surface area contributed by atoms with Crippen molar-refractivity contribution in [3.63, 3.8) is 0 Å². The Hall–Kier alpha value is -2.24. The molecule has 0 aliphatic carbocycles. The lowest BCUT2D eigenvalue weighted by Gasteiger charge is -2.14. The maximum Gasteiger partial charge on any atom is 0.319 e. The highest BCUT2D eigenvalue weighted by Crippen LogP contribution is 2.21. The zero-order valence-electron chi connectivity index (χ0n) is 12.0. The Kier molecular flexibility index (Phi) is 5.63. The Balaban J connectivity index is 1.89. The Morgan fingerprint density at radius 1 is 1.27 bits per heavy atom. The van der Waals surface area contributed by atoms with Gasteiger partial charge in [-0.05, 0) is 29.8 Å². The van der Waals surface area contributed by atoms with Gasteiger partial charge in [-0.3, -0.25) is 0 Å². The van der Waals surface area contributed by atoms with Crippen LogP contribution in [-0.4, -0.2) is 24.8 Å². The van der Waals surface area contributed by atoms with Crippen molar-refractivity contribution in [3.8, 4) is 5.75 Å². The number of carbonyl (C=O) groups is 1. The summed E-state index contributed by atoms with van der Waals surface area (Å²) in [6.45, 7) is 0.0729. The van der Waals surface area contributed by atoms with Crippen LogP contribution in [0.3, 0.4) is 0 Å². The van der Waals surface area contributed by atoms with Crippen LogP contribution in [0.25, 0.3) is 0 Å². The summed E-state index contributed by atoms with van der Waals surface area (Å²) in [4.78, 5) is 11.8. The first-order chi connectivity index (χ1) is 10.6. The number of urea groups is 1. The fourth-order valence-corrected chi connectivity index (χ4v) is 2.07. The van der Waals surface area contributed by atoms with Crippen molar-refractivity contribution in [3.05, 3.63) is 59.1 Å². The molecule has 2 amide bonds. The van der Waals surface area contributed by atoms with E-state index in [1.807, 2.05) is 0 Å². The molecule has 1 atom stereocenters. The average molecular weight is 321 g/mol. The molecule has 2 rings (SSSR count). The lowest BCUT2D eigenvalue weighted by Crippen LogP contribution is -2.32. The lowest BCUT2D eigenvalue weighted by molar-refractivity contribution is 0.175. The molecule has 0 aromatic heterocycles. The van der Waals surface area contributed by atoms with Gasteiger partial charge in [0.25, 0.3) is 0 Å². The number of anilines is 1. The second-order valence-electron chi connectivity index (χ2n) is 4.61. The van der Waals surface area contributed by atoms with Crippen LogP contribution < -0.4 is 15.4 Å². The molecule has 116 valence electrons. The first kappa shape index (κ1) is 16.1. The van der Waals surface area contributed by atoms with Gasteiger partial charge in [-0.2, -0.15) is 0 Å². The van der Waals surface area contributed by atoms with Gasteiger partial charge in [-0.15, -0.1) is 0 Å². The van der Waals surface area contributed by atoms with Crippen molar-refractivity contribution in [2.45, 2.75) is 6.10 Å². The lowest BCUT2D eigenvalue weighted by atomic mass is 10.1. The summed E-state index contributed by atoms with van der Waals surface area (Å²) in [6.07, 6.45) is -0.827. The molecule has 22 heavy (non-hydrogen) atoms. The molecule has 6 heteroatoms. The van der Waals surface area contributed by atoms with Crippen LogP contribution in [0.1, 0.15) is 11.7 Å². The molecule has 0 bridgehead atoms. The maximum atomic E-state index is 11.8. The van der Waals surface area contributed by atoms with Gasteiger partial charge in [-0.1, -0.05) is 35.9 Å². The highest BCUT2D eigenvalue weighted by Gasteiger charge is 2.11. The van der Waals surface area contributed by atoms with E-state index in [1.54, 1.807) is 55.6 Å². The molecule has 0 saturated heterocycles. The molecule has 0 heterocycles. The molecule has 0 saturated carbocycles. The van der Waals surface area contributed by atoms with Gasteiger partial charge in [0.15, 0.2) is 0 Å². The molecule has 2 aromatic rings. The van der Waals surface area contributed by atoms with Gasteiger partial charge in [0, 0.05) is 6.54 Å². The quantitative estimate of drug-likeness (QED) is 0.792. The number of rotatable bonds is 5. The molecule has 0 spiro atoms. The van der Waals surface area contributed by atoms with E-state index in [9.17, 15) is 9.90 Å². The summed E-state index contributed by atoms with van der Waals surface area (Å²) < 4.78 is 5.10. The van der Waals surface area contributed by atoms with Crippen LogP contribution in [-0.2, 0) is 0 Å². The van der Waals surface area contributed by atoms with E-state index < -0.39 is 12.1 Å². The number of halogens is 1. The zero-order valence-corrected chi connectivity index (χ0v) is 12.8. The number of methoxy groups -OCH3 is 1. The summed E-state index contributed by atoms with van der Waals surface area (Å²) in [5.74, 6) is 0.650. The second-order valence-corrected chi connectivity index (χ2v) is 5.01. The summed E-state index contributed by atoms with van der Waals surface area (Å²) >= 11 is 5.95. The van der Waals surface area contributed by atoms with Gasteiger partial charge >= 0.3 is 6.03 Å². The highest BCUT2D eigenvalue weighted by molar-refractivity contribution is 6.33. The number of aliphatic hydroxyl groups is 1. The number of carbonyl (C=O) groups excluding carboxylic acids is 1. The third-order valence-corrected chi connectivity index (χ3v) is 3.39. The highest BCUT2D eigenvalue weighted by atomic mass is 35.5. The molecule has 0 fully saturated rings. The minimum Gasteiger partial charge on any atom is -0.497 e. The van der Waals surface area contributed by atoms with E-state index >= 15 is 0 Å². The first-order valence-electron chi connectivity index (χ1n) is 6.71. The molecule has 5 nitrogen and oxygen atoms in total. The summed E-state index contributed by atoms with van der Waals surface area (Å²) in [5, 5.41) is 15.8. The molecule has 0 aliphatic heterocycles. The van der Waals surface area contributed by atoms with E-state index in [-0.39, 0.29) is 6.54 Å². The topological polar surface area (TPSA) is 70.6 Å². The molecule has 0 radical (unpaired) electrons. The minimum atomic E-state index is -0.827. The Bertz CT molecular complexity index is 649. The molecular formula is C16H17ClN2O3. The Labute approximate surface area is 133 Å². The smallest absolute Gasteiger partial charge is 0.319 e. The predicted molar refractivity (Wildman–Crippen MR) is 86.4 cm³/mol. The third kappa shape index (κ3) is 4.38. The van der Waals surface area contributed by atoms with Crippen molar-refractivity contribution in [2.75, 3.05) is 19.0 Å². The first-order valence-corrected chi connectivity index (χ1v) is 7.09. The summed E-state index contributed by atoms with van der Waals surface area (Å²) in [7, 11) is 1.56. The zero-order chi connectivity index (χ0) is 15.9. The van der Waals surface area contributed by atoms with Crippen molar-refractivity contribution in [1.29, 1.82) is 0 Å². The van der Waals surface area contributed by atoms with E-state index in [4.69, 9.17) is 16.3 Å². The summed E-state index contributed by atoms with van der Waals surface area (Å²) in [6, 6.07) is 13.5. The van der Waals surface area contributed by atoms with E-state index in [1.165, 1.54) is 0 Å². The van der Waals surface area contributed by atoms with Crippen LogP contribution in [0.4, 0.5) is 10.5 Å². The van der Waals surface area contributed by atoms with Crippen LogP contribution in [0.5, 0.6) is 5.75 Å². The molecule has 2 aromatic carbocycles. The van der Waals surface area contributed by atoms with Crippen molar-refractivity contribution >= 4 is 23.3 Å². The average Bonchev–Trinajstić information content (AvgIpc) is 2.55. The second kappa shape index (κ2) is 7.68. The van der Waals surface area contributed by atoms with Gasteiger partial charge < -0.3 is 20.5 Å². The van der Waals surface area contributed by atoms with Gasteiger partial charge in [0.05, 0.1) is 23.9 Å². The van der Waals surface area contributed by atoms with Gasteiger partial charge in [0.1, 0.15) is 5.75 Å². The number of ether oxygens (including phenoxy) is 1. The fraction of sp³-hybridized carbons (Fsp3) is 0.188. The Morgan fingerprint density at radius 2 is 2.05 bits per heavy atom.